The molecule has 2 N–H and O–H groups in total. The molecule has 0 aliphatic rings. The van der Waals surface area contributed by atoms with E-state index in [1.807, 2.05) is 24.3 Å². The predicted octanol–water partition coefficient (Wildman–Crippen LogP) is 2.45. The molecule has 1 aromatic heterocycles. The SMILES string of the molecule is CC(C)(C)NCCC(=O)Nc1cccc(-c2nnco2)c1. The molecule has 0 bridgehead atoms. The lowest BCUT2D eigenvalue weighted by Gasteiger charge is -2.20. The van der Waals surface area contributed by atoms with Crippen LogP contribution in [-0.2, 0) is 4.79 Å². The van der Waals surface area contributed by atoms with Crippen molar-refractivity contribution in [3.05, 3.63) is 30.7 Å². The summed E-state index contributed by atoms with van der Waals surface area (Å²) in [5.41, 5.74) is 1.50. The van der Waals surface area contributed by atoms with Gasteiger partial charge in [0, 0.05) is 29.8 Å². The third-order valence-electron chi connectivity index (χ3n) is 2.76. The zero-order chi connectivity index (χ0) is 15.3. The van der Waals surface area contributed by atoms with Crippen LogP contribution in [0.1, 0.15) is 27.2 Å². The number of anilines is 1. The Labute approximate surface area is 124 Å². The van der Waals surface area contributed by atoms with Crippen LogP contribution >= 0.6 is 0 Å². The Morgan fingerprint density at radius 3 is 2.81 bits per heavy atom. The lowest BCUT2D eigenvalue weighted by atomic mass is 10.1. The molecule has 2 aromatic rings. The highest BCUT2D eigenvalue weighted by Gasteiger charge is 2.10. The molecule has 0 aliphatic heterocycles. The Kier molecular flexibility index (Phi) is 4.70. The highest BCUT2D eigenvalue weighted by molar-refractivity contribution is 5.91. The summed E-state index contributed by atoms with van der Waals surface area (Å²) in [5.74, 6) is 0.398. The van der Waals surface area contributed by atoms with Gasteiger partial charge in [0.15, 0.2) is 0 Å². The standard InChI is InChI=1S/C15H20N4O2/c1-15(2,3)16-8-7-13(20)18-12-6-4-5-11(9-12)14-19-17-10-21-14/h4-6,9-10,16H,7-8H2,1-3H3,(H,18,20). The first-order valence-corrected chi connectivity index (χ1v) is 6.85. The number of benzene rings is 1. The van der Waals surface area contributed by atoms with E-state index < -0.39 is 0 Å². The van der Waals surface area contributed by atoms with Crippen LogP contribution < -0.4 is 10.6 Å². The van der Waals surface area contributed by atoms with Crippen molar-refractivity contribution in [1.29, 1.82) is 0 Å². The van der Waals surface area contributed by atoms with Crippen molar-refractivity contribution in [2.24, 2.45) is 0 Å². The van der Waals surface area contributed by atoms with E-state index >= 15 is 0 Å². The van der Waals surface area contributed by atoms with Crippen molar-refractivity contribution in [3.63, 3.8) is 0 Å². The fraction of sp³-hybridized carbons (Fsp3) is 0.400. The van der Waals surface area contributed by atoms with Crippen molar-refractivity contribution in [3.8, 4) is 11.5 Å². The van der Waals surface area contributed by atoms with Crippen LogP contribution in [-0.4, -0.2) is 28.2 Å². The fourth-order valence-corrected chi connectivity index (χ4v) is 1.80. The number of nitrogens with zero attached hydrogens (tertiary/aromatic N) is 2. The second-order valence-corrected chi connectivity index (χ2v) is 5.80. The zero-order valence-electron chi connectivity index (χ0n) is 12.5. The van der Waals surface area contributed by atoms with Gasteiger partial charge in [0.2, 0.25) is 18.2 Å². The van der Waals surface area contributed by atoms with Gasteiger partial charge in [0.25, 0.3) is 0 Å². The summed E-state index contributed by atoms with van der Waals surface area (Å²) in [7, 11) is 0. The smallest absolute Gasteiger partial charge is 0.247 e. The first kappa shape index (κ1) is 15.2. The van der Waals surface area contributed by atoms with Gasteiger partial charge in [-0.3, -0.25) is 4.79 Å². The van der Waals surface area contributed by atoms with E-state index in [0.717, 1.165) is 5.56 Å². The van der Waals surface area contributed by atoms with Gasteiger partial charge in [-0.25, -0.2) is 0 Å². The summed E-state index contributed by atoms with van der Waals surface area (Å²) in [5, 5.41) is 13.6. The summed E-state index contributed by atoms with van der Waals surface area (Å²) in [6.07, 6.45) is 1.70. The van der Waals surface area contributed by atoms with Gasteiger partial charge in [-0.15, -0.1) is 10.2 Å². The molecule has 2 rings (SSSR count). The lowest BCUT2D eigenvalue weighted by Crippen LogP contribution is -2.37. The van der Waals surface area contributed by atoms with E-state index in [1.165, 1.54) is 6.39 Å². The summed E-state index contributed by atoms with van der Waals surface area (Å²) in [6, 6.07) is 7.32. The number of nitrogens with one attached hydrogen (secondary N) is 2. The normalized spacial score (nSPS) is 11.4. The molecule has 0 aliphatic carbocycles. The summed E-state index contributed by atoms with van der Waals surface area (Å²) in [6.45, 7) is 6.84. The third-order valence-corrected chi connectivity index (χ3v) is 2.76. The molecule has 112 valence electrons. The average molecular weight is 288 g/mol. The van der Waals surface area contributed by atoms with Crippen molar-refractivity contribution in [2.45, 2.75) is 32.7 Å². The number of carbonyl (C=O) groups excluding carboxylic acids is 1. The molecule has 0 saturated heterocycles. The number of hydrogen-bond acceptors (Lipinski definition) is 5. The molecule has 0 spiro atoms. The topological polar surface area (TPSA) is 80.0 Å². The maximum Gasteiger partial charge on any atom is 0.247 e. The van der Waals surface area contributed by atoms with Crippen LogP contribution in [0, 0.1) is 0 Å². The van der Waals surface area contributed by atoms with Gasteiger partial charge < -0.3 is 15.1 Å². The van der Waals surface area contributed by atoms with E-state index in [4.69, 9.17) is 4.42 Å². The van der Waals surface area contributed by atoms with Gasteiger partial charge in [-0.05, 0) is 39.0 Å². The lowest BCUT2D eigenvalue weighted by molar-refractivity contribution is -0.116. The van der Waals surface area contributed by atoms with Gasteiger partial charge in [-0.2, -0.15) is 0 Å². The highest BCUT2D eigenvalue weighted by atomic mass is 16.4. The Balaban J connectivity index is 1.91. The molecule has 21 heavy (non-hydrogen) atoms. The Hall–Kier alpha value is -2.21. The van der Waals surface area contributed by atoms with Crippen LogP contribution in [0.2, 0.25) is 0 Å². The van der Waals surface area contributed by atoms with Gasteiger partial charge in [0.1, 0.15) is 0 Å². The Morgan fingerprint density at radius 2 is 2.14 bits per heavy atom. The van der Waals surface area contributed by atoms with Crippen molar-refractivity contribution in [2.75, 3.05) is 11.9 Å². The molecule has 0 unspecified atom stereocenters. The molecular formula is C15H20N4O2. The maximum atomic E-state index is 11.9. The number of hydrogen-bond donors (Lipinski definition) is 2. The van der Waals surface area contributed by atoms with Crippen LogP contribution in [0.15, 0.2) is 35.1 Å². The monoisotopic (exact) mass is 288 g/mol. The molecule has 1 amide bonds. The van der Waals surface area contributed by atoms with E-state index in [-0.39, 0.29) is 11.4 Å². The van der Waals surface area contributed by atoms with Crippen LogP contribution in [0.5, 0.6) is 0 Å². The van der Waals surface area contributed by atoms with Crippen molar-refractivity contribution in [1.82, 2.24) is 15.5 Å². The number of rotatable bonds is 5. The van der Waals surface area contributed by atoms with Crippen molar-refractivity contribution < 1.29 is 9.21 Å². The maximum absolute atomic E-state index is 11.9. The number of aromatic nitrogens is 2. The molecular weight excluding hydrogens is 268 g/mol. The first-order valence-electron chi connectivity index (χ1n) is 6.85. The minimum absolute atomic E-state index is 0.0121. The van der Waals surface area contributed by atoms with E-state index in [9.17, 15) is 4.79 Å². The molecule has 0 atom stereocenters. The minimum Gasteiger partial charge on any atom is -0.423 e. The van der Waals surface area contributed by atoms with E-state index in [1.54, 1.807) is 0 Å². The molecule has 1 aromatic carbocycles. The van der Waals surface area contributed by atoms with Crippen LogP contribution in [0.3, 0.4) is 0 Å². The predicted molar refractivity (Wildman–Crippen MR) is 80.7 cm³/mol. The quantitative estimate of drug-likeness (QED) is 0.883. The largest absolute Gasteiger partial charge is 0.423 e. The second kappa shape index (κ2) is 6.49. The van der Waals surface area contributed by atoms with Crippen LogP contribution in [0.4, 0.5) is 5.69 Å². The van der Waals surface area contributed by atoms with E-state index in [0.29, 0.717) is 24.5 Å². The number of carbonyl (C=O) groups is 1. The molecule has 0 saturated carbocycles. The van der Waals surface area contributed by atoms with Crippen molar-refractivity contribution >= 4 is 11.6 Å². The molecule has 0 radical (unpaired) electrons. The fourth-order valence-electron chi connectivity index (χ4n) is 1.80. The van der Waals surface area contributed by atoms with Gasteiger partial charge >= 0.3 is 0 Å². The minimum atomic E-state index is -0.0329. The molecule has 6 nitrogen and oxygen atoms in total. The molecule has 6 heteroatoms. The third kappa shape index (κ3) is 5.00. The summed E-state index contributed by atoms with van der Waals surface area (Å²) in [4.78, 5) is 11.9. The zero-order valence-corrected chi connectivity index (χ0v) is 12.5. The van der Waals surface area contributed by atoms with Crippen LogP contribution in [0.25, 0.3) is 11.5 Å². The number of amides is 1. The van der Waals surface area contributed by atoms with E-state index in [2.05, 4.69) is 41.6 Å². The summed E-state index contributed by atoms with van der Waals surface area (Å²) >= 11 is 0. The van der Waals surface area contributed by atoms with Gasteiger partial charge in [-0.1, -0.05) is 6.07 Å². The Morgan fingerprint density at radius 1 is 1.33 bits per heavy atom. The molecule has 1 heterocycles. The Bertz CT molecular complexity index is 588. The summed E-state index contributed by atoms with van der Waals surface area (Å²) < 4.78 is 5.14. The molecule has 0 fully saturated rings. The van der Waals surface area contributed by atoms with Gasteiger partial charge in [0.05, 0.1) is 0 Å². The highest BCUT2D eigenvalue weighted by Crippen LogP contribution is 2.20. The second-order valence-electron chi connectivity index (χ2n) is 5.80. The average Bonchev–Trinajstić information content (AvgIpc) is 2.91. The first-order chi connectivity index (χ1) is 9.94.